The third-order valence-corrected chi connectivity index (χ3v) is 4.93. The van der Waals surface area contributed by atoms with Crippen LogP contribution in [0.15, 0.2) is 0 Å². The molecule has 1 nitrogen and oxygen atoms in total. The first-order valence-corrected chi connectivity index (χ1v) is 7.06. The molecule has 1 saturated carbocycles. The largest absolute Gasteiger partial charge is 0.393 e. The minimum Gasteiger partial charge on any atom is -0.393 e. The predicted molar refractivity (Wildman–Crippen MR) is 70.4 cm³/mol. The van der Waals surface area contributed by atoms with Gasteiger partial charge >= 0.3 is 0 Å². The first-order chi connectivity index (χ1) is 7.38. The van der Waals surface area contributed by atoms with Crippen molar-refractivity contribution in [1.29, 1.82) is 0 Å². The average molecular weight is 226 g/mol. The highest BCUT2D eigenvalue weighted by Gasteiger charge is 2.38. The number of aliphatic hydroxyl groups excluding tert-OH is 1. The summed E-state index contributed by atoms with van der Waals surface area (Å²) >= 11 is 0. The van der Waals surface area contributed by atoms with Gasteiger partial charge in [0.25, 0.3) is 0 Å². The SMILES string of the molecule is CCC(C[C@H]1[C@@H](C)CCCC1(C)C)C(C)O. The van der Waals surface area contributed by atoms with Crippen molar-refractivity contribution >= 4 is 0 Å². The van der Waals surface area contributed by atoms with Crippen molar-refractivity contribution in [3.05, 3.63) is 0 Å². The van der Waals surface area contributed by atoms with E-state index in [0.29, 0.717) is 11.3 Å². The van der Waals surface area contributed by atoms with E-state index in [1.807, 2.05) is 6.92 Å². The van der Waals surface area contributed by atoms with Gasteiger partial charge in [0.1, 0.15) is 0 Å². The fourth-order valence-corrected chi connectivity index (χ4v) is 3.62. The van der Waals surface area contributed by atoms with Gasteiger partial charge in [-0.2, -0.15) is 0 Å². The average Bonchev–Trinajstić information content (AvgIpc) is 2.16. The number of hydrogen-bond acceptors (Lipinski definition) is 1. The zero-order chi connectivity index (χ0) is 12.3. The van der Waals surface area contributed by atoms with E-state index >= 15 is 0 Å². The van der Waals surface area contributed by atoms with E-state index in [-0.39, 0.29) is 6.10 Å². The summed E-state index contributed by atoms with van der Waals surface area (Å²) < 4.78 is 0. The summed E-state index contributed by atoms with van der Waals surface area (Å²) in [5.74, 6) is 2.11. The van der Waals surface area contributed by atoms with Crippen LogP contribution in [0.5, 0.6) is 0 Å². The molecule has 0 aliphatic heterocycles. The highest BCUT2D eigenvalue weighted by atomic mass is 16.3. The second-order valence-corrected chi connectivity index (χ2v) is 6.61. The molecule has 0 aromatic heterocycles. The molecule has 0 aromatic carbocycles. The van der Waals surface area contributed by atoms with Gasteiger partial charge in [-0.15, -0.1) is 0 Å². The van der Waals surface area contributed by atoms with Crippen LogP contribution in [0.4, 0.5) is 0 Å². The molecule has 0 aromatic rings. The number of rotatable bonds is 4. The van der Waals surface area contributed by atoms with Gasteiger partial charge in [0.2, 0.25) is 0 Å². The van der Waals surface area contributed by atoms with Crippen molar-refractivity contribution in [3.63, 3.8) is 0 Å². The molecular formula is C15H30O. The van der Waals surface area contributed by atoms with E-state index < -0.39 is 0 Å². The summed E-state index contributed by atoms with van der Waals surface area (Å²) in [7, 11) is 0. The quantitative estimate of drug-likeness (QED) is 0.760. The Morgan fingerprint density at radius 3 is 2.44 bits per heavy atom. The zero-order valence-electron chi connectivity index (χ0n) is 11.8. The van der Waals surface area contributed by atoms with Crippen molar-refractivity contribution < 1.29 is 5.11 Å². The Kier molecular flexibility index (Phi) is 4.85. The van der Waals surface area contributed by atoms with E-state index in [2.05, 4.69) is 27.7 Å². The zero-order valence-corrected chi connectivity index (χ0v) is 11.8. The van der Waals surface area contributed by atoms with Gasteiger partial charge in [-0.1, -0.05) is 47.0 Å². The summed E-state index contributed by atoms with van der Waals surface area (Å²) in [5, 5.41) is 9.80. The lowest BCUT2D eigenvalue weighted by molar-refractivity contribution is 0.0294. The Bertz CT molecular complexity index is 207. The van der Waals surface area contributed by atoms with Crippen LogP contribution in [0.1, 0.15) is 66.7 Å². The molecular weight excluding hydrogens is 196 g/mol. The highest BCUT2D eigenvalue weighted by Crippen LogP contribution is 2.47. The summed E-state index contributed by atoms with van der Waals surface area (Å²) in [6.45, 7) is 11.4. The van der Waals surface area contributed by atoms with Crippen molar-refractivity contribution in [3.8, 4) is 0 Å². The second kappa shape index (κ2) is 5.53. The Hall–Kier alpha value is -0.0400. The van der Waals surface area contributed by atoms with E-state index in [9.17, 15) is 5.11 Å². The van der Waals surface area contributed by atoms with Crippen LogP contribution in [0.25, 0.3) is 0 Å². The molecule has 0 heterocycles. The van der Waals surface area contributed by atoms with Gasteiger partial charge < -0.3 is 5.11 Å². The minimum absolute atomic E-state index is 0.144. The Morgan fingerprint density at radius 2 is 2.00 bits per heavy atom. The third kappa shape index (κ3) is 3.23. The summed E-state index contributed by atoms with van der Waals surface area (Å²) in [5.41, 5.74) is 0.472. The molecule has 0 bridgehead atoms. The van der Waals surface area contributed by atoms with Crippen LogP contribution in [-0.4, -0.2) is 11.2 Å². The molecule has 2 unspecified atom stereocenters. The fourth-order valence-electron chi connectivity index (χ4n) is 3.62. The predicted octanol–water partition coefficient (Wildman–Crippen LogP) is 4.25. The van der Waals surface area contributed by atoms with E-state index in [1.165, 1.54) is 25.7 Å². The third-order valence-electron chi connectivity index (χ3n) is 4.93. The first kappa shape index (κ1) is 14.0. The van der Waals surface area contributed by atoms with Crippen LogP contribution in [0, 0.1) is 23.2 Å². The Labute approximate surface area is 102 Å². The van der Waals surface area contributed by atoms with Gasteiger partial charge in [-0.05, 0) is 42.9 Å². The van der Waals surface area contributed by atoms with Gasteiger partial charge in [0.15, 0.2) is 0 Å². The molecule has 0 radical (unpaired) electrons. The molecule has 1 heteroatoms. The van der Waals surface area contributed by atoms with Gasteiger partial charge in [0, 0.05) is 0 Å². The maximum Gasteiger partial charge on any atom is 0.0540 e. The molecule has 1 N–H and O–H groups in total. The van der Waals surface area contributed by atoms with Crippen LogP contribution >= 0.6 is 0 Å². The molecule has 0 amide bonds. The van der Waals surface area contributed by atoms with Gasteiger partial charge in [-0.25, -0.2) is 0 Å². The molecule has 96 valence electrons. The monoisotopic (exact) mass is 226 g/mol. The van der Waals surface area contributed by atoms with Crippen LogP contribution < -0.4 is 0 Å². The van der Waals surface area contributed by atoms with Crippen LogP contribution in [0.3, 0.4) is 0 Å². The van der Waals surface area contributed by atoms with E-state index in [1.54, 1.807) is 0 Å². The number of hydrogen-bond donors (Lipinski definition) is 1. The lowest BCUT2D eigenvalue weighted by Gasteiger charge is -2.45. The fraction of sp³-hybridized carbons (Fsp3) is 1.00. The molecule has 1 rings (SSSR count). The smallest absolute Gasteiger partial charge is 0.0540 e. The Balaban J connectivity index is 2.67. The lowest BCUT2D eigenvalue weighted by Crippen LogP contribution is -2.36. The summed E-state index contributed by atoms with van der Waals surface area (Å²) in [4.78, 5) is 0. The van der Waals surface area contributed by atoms with Crippen molar-refractivity contribution in [2.24, 2.45) is 23.2 Å². The lowest BCUT2D eigenvalue weighted by atomic mass is 9.61. The molecule has 0 saturated heterocycles. The molecule has 0 spiro atoms. The van der Waals surface area contributed by atoms with Crippen molar-refractivity contribution in [2.45, 2.75) is 72.8 Å². The molecule has 4 atom stereocenters. The maximum absolute atomic E-state index is 9.80. The highest BCUT2D eigenvalue weighted by molar-refractivity contribution is 4.88. The standard InChI is InChI=1S/C15H30O/c1-6-13(12(3)16)10-14-11(2)8-7-9-15(14,4)5/h11-14,16H,6-10H2,1-5H3/t11-,12?,13?,14-/m0/s1. The van der Waals surface area contributed by atoms with Crippen LogP contribution in [-0.2, 0) is 0 Å². The second-order valence-electron chi connectivity index (χ2n) is 6.61. The van der Waals surface area contributed by atoms with E-state index in [0.717, 1.165) is 18.3 Å². The molecule has 1 fully saturated rings. The Morgan fingerprint density at radius 1 is 1.38 bits per heavy atom. The topological polar surface area (TPSA) is 20.2 Å². The van der Waals surface area contributed by atoms with Crippen molar-refractivity contribution in [2.75, 3.05) is 0 Å². The van der Waals surface area contributed by atoms with E-state index in [4.69, 9.17) is 0 Å². The molecule has 1 aliphatic rings. The normalized spacial score (nSPS) is 33.4. The molecule has 1 aliphatic carbocycles. The first-order valence-electron chi connectivity index (χ1n) is 7.06. The van der Waals surface area contributed by atoms with Gasteiger partial charge in [-0.3, -0.25) is 0 Å². The van der Waals surface area contributed by atoms with Crippen LogP contribution in [0.2, 0.25) is 0 Å². The number of aliphatic hydroxyl groups is 1. The summed E-state index contributed by atoms with van der Waals surface area (Å²) in [6.07, 6.45) is 6.30. The molecule has 16 heavy (non-hydrogen) atoms. The minimum atomic E-state index is -0.144. The van der Waals surface area contributed by atoms with Gasteiger partial charge in [0.05, 0.1) is 6.10 Å². The maximum atomic E-state index is 9.80. The van der Waals surface area contributed by atoms with Crippen molar-refractivity contribution in [1.82, 2.24) is 0 Å². The summed E-state index contributed by atoms with van der Waals surface area (Å²) in [6, 6.07) is 0.